The van der Waals surface area contributed by atoms with Gasteiger partial charge in [0.25, 0.3) is 0 Å². The van der Waals surface area contributed by atoms with Crippen LogP contribution in [0, 0.1) is 17.8 Å². The molecule has 4 rings (SSSR count). The van der Waals surface area contributed by atoms with Crippen molar-refractivity contribution in [1.29, 1.82) is 0 Å². The van der Waals surface area contributed by atoms with Crippen LogP contribution in [0.3, 0.4) is 0 Å². The molecule has 2 aliphatic heterocycles. The van der Waals surface area contributed by atoms with E-state index in [0.717, 1.165) is 5.69 Å². The maximum absolute atomic E-state index is 14.1. The highest BCUT2D eigenvalue weighted by Gasteiger charge is 2.51. The molecule has 4 N–H and O–H groups in total. The van der Waals surface area contributed by atoms with Crippen molar-refractivity contribution in [3.63, 3.8) is 0 Å². The van der Waals surface area contributed by atoms with Gasteiger partial charge < -0.3 is 49.2 Å². The molecule has 56 heavy (non-hydrogen) atoms. The molecule has 0 aliphatic carbocycles. The van der Waals surface area contributed by atoms with Crippen LogP contribution in [0.15, 0.2) is 60.7 Å². The lowest BCUT2D eigenvalue weighted by Gasteiger charge is -2.48. The molecule has 0 saturated carbocycles. The van der Waals surface area contributed by atoms with Crippen LogP contribution < -0.4 is 9.64 Å². The molecule has 314 valence electrons. The fraction of sp³-hybridized carbons (Fsp3) is 0.674. The Morgan fingerprint density at radius 2 is 1.55 bits per heavy atom. The average Bonchev–Trinajstić information content (AvgIpc) is 3.17. The summed E-state index contributed by atoms with van der Waals surface area (Å²) in [6, 6.07) is 17.1. The first-order valence-corrected chi connectivity index (χ1v) is 20.0. The Morgan fingerprint density at radius 3 is 2.14 bits per heavy atom. The Morgan fingerprint density at radius 1 is 0.964 bits per heavy atom. The SMILES string of the molecule is CC[C@H]1OC(=O)[C@H](C)[C@@H](O)[C@H](C)[C@@H](O[C@@H]2O[C@H](C)C[C@H](N(C)C(=O)N(C)c3ccccc3)[C@H]2Oc2ccccc2)[C@](C)(O)C[C@@H](C)CN(C)[C@H](C)[C@@H](O)[C@]1(C)O. The number of aliphatic hydroxyl groups is 4. The van der Waals surface area contributed by atoms with Gasteiger partial charge in [-0.05, 0) is 91.1 Å². The van der Waals surface area contributed by atoms with Gasteiger partial charge in [0.2, 0.25) is 0 Å². The minimum atomic E-state index is -1.79. The number of hydrogen-bond donors (Lipinski definition) is 4. The van der Waals surface area contributed by atoms with Crippen LogP contribution in [-0.4, -0.2) is 136 Å². The van der Waals surface area contributed by atoms with Gasteiger partial charge in [0.1, 0.15) is 23.6 Å². The number of para-hydroxylation sites is 2. The number of aliphatic hydroxyl groups excluding tert-OH is 2. The number of nitrogens with zero attached hydrogens (tertiary/aromatic N) is 3. The highest BCUT2D eigenvalue weighted by Crippen LogP contribution is 2.38. The van der Waals surface area contributed by atoms with Crippen molar-refractivity contribution in [3.8, 4) is 5.75 Å². The Kier molecular flexibility index (Phi) is 15.4. The summed E-state index contributed by atoms with van der Waals surface area (Å²) < 4.78 is 25.9. The van der Waals surface area contributed by atoms with Crippen molar-refractivity contribution in [2.24, 2.45) is 17.8 Å². The summed E-state index contributed by atoms with van der Waals surface area (Å²) in [4.78, 5) is 32.9. The molecule has 13 nitrogen and oxygen atoms in total. The van der Waals surface area contributed by atoms with Crippen LogP contribution >= 0.6 is 0 Å². The molecule has 2 aromatic rings. The summed E-state index contributed by atoms with van der Waals surface area (Å²) in [5, 5.41) is 47.3. The number of esters is 1. The molecular weight excluding hydrogens is 718 g/mol. The van der Waals surface area contributed by atoms with E-state index in [0.29, 0.717) is 18.7 Å². The van der Waals surface area contributed by atoms with E-state index in [2.05, 4.69) is 0 Å². The molecule has 2 fully saturated rings. The monoisotopic (exact) mass is 785 g/mol. The number of benzene rings is 2. The fourth-order valence-electron chi connectivity index (χ4n) is 8.52. The predicted molar refractivity (Wildman–Crippen MR) is 214 cm³/mol. The summed E-state index contributed by atoms with van der Waals surface area (Å²) >= 11 is 0. The Hall–Kier alpha value is -3.30. The Labute approximate surface area is 333 Å². The standard InChI is InChI=1S/C43H67N3O10/c1-12-34-43(8,52)37(48)30(6)44(9)25-26(2)24-42(7,51)38(28(4)35(47)29(5)39(49)55-34)56-40-36(54-32-21-17-14-18-22-32)33(23-27(3)53-40)46(11)41(50)45(10)31-19-15-13-16-20-31/h13-22,26-30,33-38,40,47-48,51-52H,12,23-25H2,1-11H3/t26-,27-,28+,29-,30-,33+,34-,35+,36-,37-,38-,40+,42-,43-/m1/s1. The van der Waals surface area contributed by atoms with Crippen LogP contribution in [0.1, 0.15) is 74.7 Å². The van der Waals surface area contributed by atoms with E-state index in [1.807, 2.05) is 74.3 Å². The number of likely N-dealkylation sites (N-methyl/N-ethyl adjacent to an activating group) is 2. The van der Waals surface area contributed by atoms with Gasteiger partial charge in [-0.25, -0.2) is 4.79 Å². The number of amides is 2. The summed E-state index contributed by atoms with van der Waals surface area (Å²) in [6.07, 6.45) is -6.42. The highest BCUT2D eigenvalue weighted by molar-refractivity contribution is 5.91. The molecule has 2 heterocycles. The molecule has 2 saturated heterocycles. The lowest BCUT2D eigenvalue weighted by atomic mass is 9.78. The van der Waals surface area contributed by atoms with E-state index in [1.165, 1.54) is 13.8 Å². The third-order valence-electron chi connectivity index (χ3n) is 12.0. The molecule has 2 amide bonds. The van der Waals surface area contributed by atoms with E-state index < -0.39 is 84.0 Å². The lowest BCUT2D eigenvalue weighted by Crippen LogP contribution is -2.62. The van der Waals surface area contributed by atoms with Crippen molar-refractivity contribution in [2.75, 3.05) is 32.6 Å². The number of urea groups is 1. The first kappa shape index (κ1) is 45.4. The van der Waals surface area contributed by atoms with Gasteiger partial charge in [-0.1, -0.05) is 57.2 Å². The Bertz CT molecular complexity index is 1550. The first-order valence-electron chi connectivity index (χ1n) is 20.0. The third kappa shape index (κ3) is 10.4. The molecule has 2 aromatic carbocycles. The highest BCUT2D eigenvalue weighted by atomic mass is 16.7. The van der Waals surface area contributed by atoms with Crippen LogP contribution in [0.5, 0.6) is 5.75 Å². The largest absolute Gasteiger partial charge is 0.483 e. The number of carbonyl (C=O) groups excluding carboxylic acids is 2. The van der Waals surface area contributed by atoms with E-state index in [9.17, 15) is 30.0 Å². The van der Waals surface area contributed by atoms with Crippen molar-refractivity contribution in [2.45, 2.75) is 141 Å². The summed E-state index contributed by atoms with van der Waals surface area (Å²) in [6.45, 7) is 14.2. The molecule has 0 spiro atoms. The zero-order valence-corrected chi connectivity index (χ0v) is 35.1. The third-order valence-corrected chi connectivity index (χ3v) is 12.0. The molecule has 0 unspecified atom stereocenters. The maximum atomic E-state index is 14.1. The molecular formula is C43H67N3O10. The molecule has 13 heteroatoms. The molecule has 14 atom stereocenters. The van der Waals surface area contributed by atoms with Gasteiger partial charge in [0.15, 0.2) is 12.4 Å². The van der Waals surface area contributed by atoms with E-state index in [-0.39, 0.29) is 24.8 Å². The Balaban J connectivity index is 1.76. The van der Waals surface area contributed by atoms with Gasteiger partial charge in [-0.2, -0.15) is 0 Å². The second kappa shape index (κ2) is 19.0. The van der Waals surface area contributed by atoms with Gasteiger partial charge in [0, 0.05) is 38.3 Å². The smallest absolute Gasteiger partial charge is 0.324 e. The lowest BCUT2D eigenvalue weighted by molar-refractivity contribution is -0.293. The van der Waals surface area contributed by atoms with E-state index in [1.54, 1.807) is 63.7 Å². The summed E-state index contributed by atoms with van der Waals surface area (Å²) in [5.74, 6) is -2.38. The fourth-order valence-corrected chi connectivity index (χ4v) is 8.52. The zero-order chi connectivity index (χ0) is 41.7. The second-order valence-corrected chi connectivity index (χ2v) is 16.8. The van der Waals surface area contributed by atoms with Crippen LogP contribution in [0.2, 0.25) is 0 Å². The average molecular weight is 786 g/mol. The first-order chi connectivity index (χ1) is 26.2. The molecule has 0 aromatic heterocycles. The van der Waals surface area contributed by atoms with Crippen molar-refractivity contribution >= 4 is 17.7 Å². The van der Waals surface area contributed by atoms with E-state index >= 15 is 0 Å². The van der Waals surface area contributed by atoms with Crippen LogP contribution in [-0.2, 0) is 19.0 Å². The number of ether oxygens (including phenoxy) is 4. The van der Waals surface area contributed by atoms with Gasteiger partial charge in [0.05, 0.1) is 35.9 Å². The number of anilines is 1. The summed E-state index contributed by atoms with van der Waals surface area (Å²) in [5.41, 5.74) is -2.67. The van der Waals surface area contributed by atoms with Gasteiger partial charge in [-0.3, -0.25) is 9.69 Å². The number of carbonyl (C=O) groups is 2. The minimum absolute atomic E-state index is 0.167. The quantitative estimate of drug-likeness (QED) is 0.289. The molecule has 0 bridgehead atoms. The maximum Gasteiger partial charge on any atom is 0.324 e. The molecule has 2 aliphatic rings. The normalized spacial score (nSPS) is 38.1. The number of rotatable bonds is 7. The number of cyclic esters (lactones) is 1. The summed E-state index contributed by atoms with van der Waals surface area (Å²) in [7, 11) is 5.27. The van der Waals surface area contributed by atoms with Crippen LogP contribution in [0.25, 0.3) is 0 Å². The van der Waals surface area contributed by atoms with Gasteiger partial charge in [-0.15, -0.1) is 0 Å². The molecule has 0 radical (unpaired) electrons. The van der Waals surface area contributed by atoms with Crippen molar-refractivity contribution < 1.29 is 49.0 Å². The zero-order valence-electron chi connectivity index (χ0n) is 35.1. The van der Waals surface area contributed by atoms with Crippen molar-refractivity contribution in [3.05, 3.63) is 60.7 Å². The number of hydrogen-bond acceptors (Lipinski definition) is 11. The second-order valence-electron chi connectivity index (χ2n) is 16.8. The van der Waals surface area contributed by atoms with E-state index in [4.69, 9.17) is 18.9 Å². The van der Waals surface area contributed by atoms with Gasteiger partial charge >= 0.3 is 12.0 Å². The minimum Gasteiger partial charge on any atom is -0.483 e. The van der Waals surface area contributed by atoms with Crippen molar-refractivity contribution in [1.82, 2.24) is 9.80 Å². The predicted octanol–water partition coefficient (Wildman–Crippen LogP) is 4.69. The van der Waals surface area contributed by atoms with Crippen LogP contribution in [0.4, 0.5) is 10.5 Å². The topological polar surface area (TPSA) is 162 Å².